The maximum absolute atomic E-state index is 12.7. The van der Waals surface area contributed by atoms with Crippen LogP contribution in [0, 0.1) is 0 Å². The second kappa shape index (κ2) is 8.91. The highest BCUT2D eigenvalue weighted by Gasteiger charge is 2.16. The van der Waals surface area contributed by atoms with Gasteiger partial charge in [0, 0.05) is 10.6 Å². The Morgan fingerprint density at radius 3 is 2.58 bits per heavy atom. The average molecular weight is 474 g/mol. The Kier molecular flexibility index (Phi) is 6.24. The van der Waals surface area contributed by atoms with Gasteiger partial charge in [0.1, 0.15) is 5.52 Å². The molecule has 0 saturated heterocycles. The SMILES string of the molecule is CCC(C)c1ccc2oc(-c3ccc(Cl)c(NC(=O)c4cc(Cl)ccc4Cl)c3)nc2c1. The van der Waals surface area contributed by atoms with E-state index in [-0.39, 0.29) is 5.56 Å². The number of anilines is 1. The van der Waals surface area contributed by atoms with E-state index in [1.807, 2.05) is 6.07 Å². The first kappa shape index (κ1) is 21.7. The number of oxazole rings is 1. The Bertz CT molecular complexity index is 1280. The number of fused-ring (bicyclic) bond motifs is 1. The molecular weight excluding hydrogens is 455 g/mol. The van der Waals surface area contributed by atoms with Crippen molar-refractivity contribution in [3.05, 3.63) is 80.8 Å². The lowest BCUT2D eigenvalue weighted by atomic mass is 9.98. The van der Waals surface area contributed by atoms with Crippen LogP contribution in [0.1, 0.15) is 42.1 Å². The molecule has 0 radical (unpaired) electrons. The monoisotopic (exact) mass is 472 g/mol. The Morgan fingerprint density at radius 2 is 1.81 bits per heavy atom. The Hall–Kier alpha value is -2.53. The Labute approximate surface area is 195 Å². The van der Waals surface area contributed by atoms with Crippen LogP contribution in [-0.2, 0) is 0 Å². The van der Waals surface area contributed by atoms with Gasteiger partial charge in [-0.2, -0.15) is 0 Å². The fraction of sp³-hybridized carbons (Fsp3) is 0.167. The highest BCUT2D eigenvalue weighted by atomic mass is 35.5. The van der Waals surface area contributed by atoms with Gasteiger partial charge in [0.05, 0.1) is 21.3 Å². The molecule has 1 amide bonds. The molecule has 4 rings (SSSR count). The van der Waals surface area contributed by atoms with Crippen molar-refractivity contribution >= 4 is 57.5 Å². The minimum atomic E-state index is -0.415. The molecule has 1 atom stereocenters. The molecule has 0 spiro atoms. The van der Waals surface area contributed by atoms with Crippen LogP contribution in [-0.4, -0.2) is 10.9 Å². The number of benzene rings is 3. The average Bonchev–Trinajstić information content (AvgIpc) is 3.19. The number of amides is 1. The number of hydrogen-bond donors (Lipinski definition) is 1. The van der Waals surface area contributed by atoms with Gasteiger partial charge < -0.3 is 9.73 Å². The molecule has 0 bridgehead atoms. The highest BCUT2D eigenvalue weighted by Crippen LogP contribution is 2.32. The maximum atomic E-state index is 12.7. The molecule has 0 fully saturated rings. The summed E-state index contributed by atoms with van der Waals surface area (Å²) in [6, 6.07) is 16.0. The second-order valence-electron chi connectivity index (χ2n) is 7.33. The third kappa shape index (κ3) is 4.57. The van der Waals surface area contributed by atoms with Crippen molar-refractivity contribution in [1.82, 2.24) is 4.98 Å². The van der Waals surface area contributed by atoms with Crippen molar-refractivity contribution in [3.8, 4) is 11.5 Å². The van der Waals surface area contributed by atoms with E-state index in [4.69, 9.17) is 39.2 Å². The zero-order valence-electron chi connectivity index (χ0n) is 16.9. The first-order valence-corrected chi connectivity index (χ1v) is 11.0. The molecule has 1 aromatic heterocycles. The standard InChI is InChI=1S/C24H19Cl3N2O2/c1-3-13(2)14-5-9-22-21(10-14)29-24(31-22)15-4-7-19(27)20(11-15)28-23(30)17-12-16(25)6-8-18(17)26/h4-13H,3H2,1-2H3,(H,28,30). The molecule has 1 heterocycles. The van der Waals surface area contributed by atoms with Crippen LogP contribution in [0.2, 0.25) is 15.1 Å². The van der Waals surface area contributed by atoms with E-state index >= 15 is 0 Å². The molecule has 31 heavy (non-hydrogen) atoms. The van der Waals surface area contributed by atoms with Crippen LogP contribution in [0.4, 0.5) is 5.69 Å². The summed E-state index contributed by atoms with van der Waals surface area (Å²) in [4.78, 5) is 17.3. The molecule has 0 saturated carbocycles. The number of halogens is 3. The van der Waals surface area contributed by atoms with Gasteiger partial charge in [-0.15, -0.1) is 0 Å². The molecule has 158 valence electrons. The lowest BCUT2D eigenvalue weighted by Crippen LogP contribution is -2.13. The maximum Gasteiger partial charge on any atom is 0.257 e. The molecule has 4 aromatic rings. The molecule has 7 heteroatoms. The van der Waals surface area contributed by atoms with E-state index in [1.54, 1.807) is 30.3 Å². The number of carbonyl (C=O) groups is 1. The summed E-state index contributed by atoms with van der Waals surface area (Å²) >= 11 is 18.4. The van der Waals surface area contributed by atoms with E-state index in [1.165, 1.54) is 11.6 Å². The third-order valence-corrected chi connectivity index (χ3v) is 6.12. The molecule has 0 aliphatic rings. The molecule has 4 nitrogen and oxygen atoms in total. The first-order valence-electron chi connectivity index (χ1n) is 9.82. The van der Waals surface area contributed by atoms with Gasteiger partial charge in [-0.25, -0.2) is 4.98 Å². The summed E-state index contributed by atoms with van der Waals surface area (Å²) in [6.07, 6.45) is 1.05. The summed E-state index contributed by atoms with van der Waals surface area (Å²) < 4.78 is 5.94. The predicted octanol–water partition coefficient (Wildman–Crippen LogP) is 8.22. The molecule has 3 aromatic carbocycles. The van der Waals surface area contributed by atoms with Crippen LogP contribution < -0.4 is 5.32 Å². The largest absolute Gasteiger partial charge is 0.436 e. The van der Waals surface area contributed by atoms with Gasteiger partial charge in [0.15, 0.2) is 5.58 Å². The molecule has 1 unspecified atom stereocenters. The number of rotatable bonds is 5. The van der Waals surface area contributed by atoms with E-state index in [0.29, 0.717) is 43.7 Å². The van der Waals surface area contributed by atoms with E-state index in [0.717, 1.165) is 11.9 Å². The fourth-order valence-corrected chi connectivity index (χ4v) is 3.77. The number of carbonyl (C=O) groups excluding carboxylic acids is 1. The van der Waals surface area contributed by atoms with Gasteiger partial charge in [-0.1, -0.05) is 54.7 Å². The fourth-order valence-electron chi connectivity index (χ4n) is 3.23. The minimum absolute atomic E-state index is 0.259. The van der Waals surface area contributed by atoms with Crippen LogP contribution in [0.3, 0.4) is 0 Å². The number of nitrogens with one attached hydrogen (secondary N) is 1. The van der Waals surface area contributed by atoms with E-state index < -0.39 is 5.91 Å². The van der Waals surface area contributed by atoms with Gasteiger partial charge in [-0.05, 0) is 66.4 Å². The number of hydrogen-bond acceptors (Lipinski definition) is 3. The first-order chi connectivity index (χ1) is 14.9. The molecule has 0 aliphatic carbocycles. The van der Waals surface area contributed by atoms with Crippen molar-refractivity contribution in [2.75, 3.05) is 5.32 Å². The van der Waals surface area contributed by atoms with Gasteiger partial charge >= 0.3 is 0 Å². The van der Waals surface area contributed by atoms with Crippen LogP contribution in [0.15, 0.2) is 59.0 Å². The summed E-state index contributed by atoms with van der Waals surface area (Å²) in [6.45, 7) is 4.34. The van der Waals surface area contributed by atoms with Gasteiger partial charge in [0.2, 0.25) is 5.89 Å². The lowest BCUT2D eigenvalue weighted by Gasteiger charge is -2.10. The van der Waals surface area contributed by atoms with E-state index in [9.17, 15) is 4.79 Å². The molecule has 0 aliphatic heterocycles. The quantitative estimate of drug-likeness (QED) is 0.317. The van der Waals surface area contributed by atoms with Crippen LogP contribution in [0.5, 0.6) is 0 Å². The lowest BCUT2D eigenvalue weighted by molar-refractivity contribution is 0.102. The summed E-state index contributed by atoms with van der Waals surface area (Å²) in [5.74, 6) is 0.478. The predicted molar refractivity (Wildman–Crippen MR) is 128 cm³/mol. The summed E-state index contributed by atoms with van der Waals surface area (Å²) in [7, 11) is 0. The Morgan fingerprint density at radius 1 is 1.03 bits per heavy atom. The summed E-state index contributed by atoms with van der Waals surface area (Å²) in [5, 5.41) is 3.88. The van der Waals surface area contributed by atoms with Crippen molar-refractivity contribution in [1.29, 1.82) is 0 Å². The summed E-state index contributed by atoms with van der Waals surface area (Å²) in [5.41, 5.74) is 4.08. The zero-order chi connectivity index (χ0) is 22.1. The zero-order valence-corrected chi connectivity index (χ0v) is 19.1. The van der Waals surface area contributed by atoms with Crippen LogP contribution in [0.25, 0.3) is 22.6 Å². The number of aromatic nitrogens is 1. The van der Waals surface area contributed by atoms with Crippen molar-refractivity contribution in [2.24, 2.45) is 0 Å². The second-order valence-corrected chi connectivity index (χ2v) is 8.58. The van der Waals surface area contributed by atoms with Gasteiger partial charge in [-0.3, -0.25) is 4.79 Å². The van der Waals surface area contributed by atoms with Crippen LogP contribution >= 0.6 is 34.8 Å². The van der Waals surface area contributed by atoms with Gasteiger partial charge in [0.25, 0.3) is 5.91 Å². The topological polar surface area (TPSA) is 55.1 Å². The van der Waals surface area contributed by atoms with Crippen molar-refractivity contribution < 1.29 is 9.21 Å². The molecule has 1 N–H and O–H groups in total. The van der Waals surface area contributed by atoms with E-state index in [2.05, 4.69) is 36.3 Å². The highest BCUT2D eigenvalue weighted by molar-refractivity contribution is 6.37. The van der Waals surface area contributed by atoms with Crippen molar-refractivity contribution in [3.63, 3.8) is 0 Å². The molecular formula is C24H19Cl3N2O2. The normalized spacial score (nSPS) is 12.2. The van der Waals surface area contributed by atoms with Crippen molar-refractivity contribution in [2.45, 2.75) is 26.2 Å². The smallest absolute Gasteiger partial charge is 0.257 e. The third-order valence-electron chi connectivity index (χ3n) is 5.23. The minimum Gasteiger partial charge on any atom is -0.436 e. The number of nitrogens with zero attached hydrogens (tertiary/aromatic N) is 1. The Balaban J connectivity index is 1.66.